The van der Waals surface area contributed by atoms with Gasteiger partial charge in [0.25, 0.3) is 0 Å². The monoisotopic (exact) mass is 321 g/mol. The van der Waals surface area contributed by atoms with E-state index >= 15 is 0 Å². The molecule has 0 saturated carbocycles. The van der Waals surface area contributed by atoms with Crippen LogP contribution in [0, 0.1) is 0 Å². The predicted octanol–water partition coefficient (Wildman–Crippen LogP) is 3.02. The molecule has 3 N–H and O–H groups in total. The SMILES string of the molecule is COc1cccc([C@@H]2C[C@@H](c3ccccc3)n3nc(N)nc3N2)c1. The van der Waals surface area contributed by atoms with Crippen LogP contribution in [0.2, 0.25) is 0 Å². The molecule has 4 rings (SSSR count). The van der Waals surface area contributed by atoms with E-state index in [1.165, 1.54) is 5.56 Å². The van der Waals surface area contributed by atoms with Crippen LogP contribution in [0.25, 0.3) is 0 Å². The van der Waals surface area contributed by atoms with Crippen LogP contribution in [0.1, 0.15) is 29.6 Å². The van der Waals surface area contributed by atoms with Gasteiger partial charge in [0.1, 0.15) is 5.75 Å². The van der Waals surface area contributed by atoms with Gasteiger partial charge in [0.2, 0.25) is 11.9 Å². The van der Waals surface area contributed by atoms with Gasteiger partial charge < -0.3 is 15.8 Å². The van der Waals surface area contributed by atoms with E-state index in [4.69, 9.17) is 10.5 Å². The van der Waals surface area contributed by atoms with Crippen LogP contribution < -0.4 is 15.8 Å². The van der Waals surface area contributed by atoms with Crippen molar-refractivity contribution < 1.29 is 4.74 Å². The van der Waals surface area contributed by atoms with Crippen molar-refractivity contribution in [1.29, 1.82) is 0 Å². The Labute approximate surface area is 140 Å². The van der Waals surface area contributed by atoms with E-state index in [1.54, 1.807) is 7.11 Å². The van der Waals surface area contributed by atoms with Gasteiger partial charge in [-0.2, -0.15) is 4.98 Å². The Kier molecular flexibility index (Phi) is 3.57. The molecule has 0 unspecified atom stereocenters. The van der Waals surface area contributed by atoms with Gasteiger partial charge >= 0.3 is 0 Å². The summed E-state index contributed by atoms with van der Waals surface area (Å²) in [5, 5.41) is 7.81. The molecule has 1 aromatic heterocycles. The molecular weight excluding hydrogens is 302 g/mol. The normalized spacial score (nSPS) is 19.4. The molecule has 2 heterocycles. The van der Waals surface area contributed by atoms with Crippen molar-refractivity contribution in [3.05, 3.63) is 65.7 Å². The second-order valence-corrected chi connectivity index (χ2v) is 5.87. The number of aromatic nitrogens is 3. The van der Waals surface area contributed by atoms with Gasteiger partial charge in [0.05, 0.1) is 19.2 Å². The Bertz CT molecular complexity index is 846. The molecule has 3 aromatic rings. The number of rotatable bonds is 3. The Balaban J connectivity index is 1.75. The van der Waals surface area contributed by atoms with Crippen molar-refractivity contribution in [3.8, 4) is 5.75 Å². The van der Waals surface area contributed by atoms with Crippen LogP contribution in [0.15, 0.2) is 54.6 Å². The largest absolute Gasteiger partial charge is 0.497 e. The first-order valence-corrected chi connectivity index (χ1v) is 7.92. The number of methoxy groups -OCH3 is 1. The van der Waals surface area contributed by atoms with E-state index in [-0.39, 0.29) is 18.0 Å². The summed E-state index contributed by atoms with van der Waals surface area (Å²) in [5.41, 5.74) is 8.17. The third-order valence-corrected chi connectivity index (χ3v) is 4.39. The van der Waals surface area contributed by atoms with Crippen LogP contribution in [-0.2, 0) is 0 Å². The summed E-state index contributed by atoms with van der Waals surface area (Å²) >= 11 is 0. The lowest BCUT2D eigenvalue weighted by Crippen LogP contribution is -2.28. The van der Waals surface area contributed by atoms with Crippen LogP contribution in [0.4, 0.5) is 11.9 Å². The molecule has 1 aliphatic heterocycles. The summed E-state index contributed by atoms with van der Waals surface area (Å²) in [6, 6.07) is 18.6. The maximum atomic E-state index is 5.83. The maximum Gasteiger partial charge on any atom is 0.241 e. The fraction of sp³-hybridized carbons (Fsp3) is 0.222. The number of anilines is 2. The summed E-state index contributed by atoms with van der Waals surface area (Å²) in [7, 11) is 1.68. The van der Waals surface area contributed by atoms with E-state index in [0.717, 1.165) is 17.7 Å². The fourth-order valence-electron chi connectivity index (χ4n) is 3.22. The number of nitrogens with zero attached hydrogens (tertiary/aromatic N) is 3. The van der Waals surface area contributed by atoms with Crippen LogP contribution in [0.3, 0.4) is 0 Å². The van der Waals surface area contributed by atoms with Gasteiger partial charge in [-0.25, -0.2) is 4.68 Å². The zero-order valence-electron chi connectivity index (χ0n) is 13.4. The summed E-state index contributed by atoms with van der Waals surface area (Å²) < 4.78 is 7.23. The minimum Gasteiger partial charge on any atom is -0.497 e. The first kappa shape index (κ1) is 14.6. The van der Waals surface area contributed by atoms with Crippen LogP contribution in [-0.4, -0.2) is 21.9 Å². The highest BCUT2D eigenvalue weighted by Gasteiger charge is 2.30. The molecule has 0 bridgehead atoms. The lowest BCUT2D eigenvalue weighted by Gasteiger charge is -2.31. The Hall–Kier alpha value is -3.02. The Morgan fingerprint density at radius 2 is 1.92 bits per heavy atom. The van der Waals surface area contributed by atoms with Crippen molar-refractivity contribution in [1.82, 2.24) is 14.8 Å². The smallest absolute Gasteiger partial charge is 0.241 e. The summed E-state index contributed by atoms with van der Waals surface area (Å²) in [6.07, 6.45) is 0.854. The Morgan fingerprint density at radius 3 is 2.71 bits per heavy atom. The maximum absolute atomic E-state index is 5.83. The average molecular weight is 321 g/mol. The van der Waals surface area contributed by atoms with E-state index in [2.05, 4.69) is 39.7 Å². The number of benzene rings is 2. The molecule has 0 spiro atoms. The molecule has 1 aliphatic rings. The zero-order chi connectivity index (χ0) is 16.5. The van der Waals surface area contributed by atoms with E-state index in [1.807, 2.05) is 35.0 Å². The van der Waals surface area contributed by atoms with E-state index < -0.39 is 0 Å². The average Bonchev–Trinajstić information content (AvgIpc) is 3.01. The number of nitrogen functional groups attached to an aromatic ring is 1. The highest BCUT2D eigenvalue weighted by Crippen LogP contribution is 2.38. The van der Waals surface area contributed by atoms with Gasteiger partial charge in [0, 0.05) is 0 Å². The fourth-order valence-corrected chi connectivity index (χ4v) is 3.22. The van der Waals surface area contributed by atoms with Gasteiger partial charge in [-0.3, -0.25) is 0 Å². The minimum atomic E-state index is 0.0865. The first-order chi connectivity index (χ1) is 11.7. The molecule has 2 aromatic carbocycles. The van der Waals surface area contributed by atoms with Gasteiger partial charge in [0.15, 0.2) is 0 Å². The van der Waals surface area contributed by atoms with Crippen LogP contribution >= 0.6 is 0 Å². The molecule has 24 heavy (non-hydrogen) atoms. The minimum absolute atomic E-state index is 0.0865. The quantitative estimate of drug-likeness (QED) is 0.775. The lowest BCUT2D eigenvalue weighted by molar-refractivity contribution is 0.410. The Morgan fingerprint density at radius 1 is 1.12 bits per heavy atom. The second kappa shape index (κ2) is 5.88. The van der Waals surface area contributed by atoms with Crippen molar-refractivity contribution >= 4 is 11.9 Å². The standard InChI is InChI=1S/C18H19N5O/c1-24-14-9-5-8-13(10-14)15-11-16(12-6-3-2-4-7-12)23-18(20-15)21-17(19)22-23/h2-10,15-16H,11H2,1H3,(H3,19,20,21,22)/t15-,16-/m0/s1. The lowest BCUT2D eigenvalue weighted by atomic mass is 9.93. The zero-order valence-corrected chi connectivity index (χ0v) is 13.4. The van der Waals surface area contributed by atoms with Crippen LogP contribution in [0.5, 0.6) is 5.75 Å². The van der Waals surface area contributed by atoms with Crippen molar-refractivity contribution in [2.45, 2.75) is 18.5 Å². The summed E-state index contributed by atoms with van der Waals surface area (Å²) in [5.74, 6) is 1.82. The third kappa shape index (κ3) is 2.56. The molecular formula is C18H19N5O. The highest BCUT2D eigenvalue weighted by atomic mass is 16.5. The predicted molar refractivity (Wildman–Crippen MR) is 93.0 cm³/mol. The van der Waals surface area contributed by atoms with Gasteiger partial charge in [-0.15, -0.1) is 5.10 Å². The summed E-state index contributed by atoms with van der Waals surface area (Å²) in [4.78, 5) is 4.33. The second-order valence-electron chi connectivity index (χ2n) is 5.87. The van der Waals surface area contributed by atoms with Gasteiger partial charge in [-0.05, 0) is 29.7 Å². The first-order valence-electron chi connectivity index (χ1n) is 7.92. The number of hydrogen-bond donors (Lipinski definition) is 2. The third-order valence-electron chi connectivity index (χ3n) is 4.39. The number of fused-ring (bicyclic) bond motifs is 1. The number of ether oxygens (including phenoxy) is 1. The molecule has 0 fully saturated rings. The molecule has 0 amide bonds. The molecule has 0 saturated heterocycles. The topological polar surface area (TPSA) is 78.0 Å². The number of hydrogen-bond acceptors (Lipinski definition) is 5. The molecule has 2 atom stereocenters. The molecule has 122 valence electrons. The number of nitrogens with one attached hydrogen (secondary N) is 1. The molecule has 6 nitrogen and oxygen atoms in total. The summed E-state index contributed by atoms with van der Waals surface area (Å²) in [6.45, 7) is 0. The molecule has 0 radical (unpaired) electrons. The van der Waals surface area contributed by atoms with Crippen molar-refractivity contribution in [3.63, 3.8) is 0 Å². The van der Waals surface area contributed by atoms with Crippen molar-refractivity contribution in [2.24, 2.45) is 0 Å². The van der Waals surface area contributed by atoms with Gasteiger partial charge in [-0.1, -0.05) is 42.5 Å². The molecule has 6 heteroatoms. The van der Waals surface area contributed by atoms with E-state index in [9.17, 15) is 0 Å². The highest BCUT2D eigenvalue weighted by molar-refractivity contribution is 5.43. The molecule has 0 aliphatic carbocycles. The number of nitrogens with two attached hydrogens (primary N) is 1. The van der Waals surface area contributed by atoms with Crippen molar-refractivity contribution in [2.75, 3.05) is 18.2 Å². The van der Waals surface area contributed by atoms with E-state index in [0.29, 0.717) is 5.95 Å².